The van der Waals surface area contributed by atoms with Gasteiger partial charge in [-0.25, -0.2) is 4.68 Å². The molecule has 0 radical (unpaired) electrons. The number of aryl methyl sites for hydroxylation is 3. The molecule has 0 saturated carbocycles. The van der Waals surface area contributed by atoms with Gasteiger partial charge < -0.3 is 14.9 Å². The van der Waals surface area contributed by atoms with Crippen molar-refractivity contribution in [2.24, 2.45) is 7.05 Å². The van der Waals surface area contributed by atoms with Crippen molar-refractivity contribution in [2.75, 3.05) is 0 Å². The van der Waals surface area contributed by atoms with Crippen LogP contribution in [0.15, 0.2) is 48.5 Å². The molecule has 0 spiro atoms. The average Bonchev–Trinajstić information content (AvgIpc) is 2.86. The number of carbonyl (C=O) groups excluding carboxylic acids is 1. The van der Waals surface area contributed by atoms with Crippen molar-refractivity contribution in [3.05, 3.63) is 65.4 Å². The van der Waals surface area contributed by atoms with Gasteiger partial charge in [0.1, 0.15) is 17.2 Å². The largest absolute Gasteiger partial charge is 0.508 e. The third-order valence-corrected chi connectivity index (χ3v) is 3.42. The van der Waals surface area contributed by atoms with Crippen LogP contribution in [0.25, 0.3) is 0 Å². The van der Waals surface area contributed by atoms with Gasteiger partial charge in [0.15, 0.2) is 6.29 Å². The van der Waals surface area contributed by atoms with Crippen LogP contribution in [0.1, 0.15) is 21.6 Å². The molecule has 0 fully saturated rings. The van der Waals surface area contributed by atoms with Crippen molar-refractivity contribution in [3.63, 3.8) is 0 Å². The second kappa shape index (κ2) is 8.01. The molecule has 0 saturated heterocycles. The highest BCUT2D eigenvalue weighted by atomic mass is 16.5. The summed E-state index contributed by atoms with van der Waals surface area (Å²) in [5.41, 5.74) is 2.22. The molecule has 2 N–H and O–H groups in total. The van der Waals surface area contributed by atoms with Crippen LogP contribution in [0, 0.1) is 13.8 Å². The Bertz CT molecular complexity index is 816. The van der Waals surface area contributed by atoms with Crippen LogP contribution in [0.3, 0.4) is 0 Å². The lowest BCUT2D eigenvalue weighted by atomic mass is 10.2. The van der Waals surface area contributed by atoms with E-state index in [1.54, 1.807) is 38.2 Å². The highest BCUT2D eigenvalue weighted by Gasteiger charge is 2.14. The molecule has 1 aromatic heterocycles. The summed E-state index contributed by atoms with van der Waals surface area (Å²) in [5, 5.41) is 22.0. The van der Waals surface area contributed by atoms with Gasteiger partial charge in [0.2, 0.25) is 5.88 Å². The molecule has 0 unspecified atom stereocenters. The lowest BCUT2D eigenvalue weighted by Gasteiger charge is -2.06. The standard InChI is InChI=1S/C12H12N2O3.C7H8O/c1-8-11(7-15)12(14(2)13-8)17-10-5-3-9(16)4-6-10;1-6-2-4-7(8)5-3-6/h3-7,16H,1-2H3;2-5,8H,1H3. The summed E-state index contributed by atoms with van der Waals surface area (Å²) in [7, 11) is 1.70. The monoisotopic (exact) mass is 340 g/mol. The molecule has 3 rings (SSSR count). The van der Waals surface area contributed by atoms with Crippen LogP contribution < -0.4 is 4.74 Å². The summed E-state index contributed by atoms with van der Waals surface area (Å²) < 4.78 is 7.07. The second-order valence-corrected chi connectivity index (χ2v) is 5.48. The number of aromatic hydroxyl groups is 2. The number of aldehydes is 1. The first-order valence-corrected chi connectivity index (χ1v) is 7.62. The predicted molar refractivity (Wildman–Crippen MR) is 94.4 cm³/mol. The van der Waals surface area contributed by atoms with Crippen LogP contribution in [0.4, 0.5) is 0 Å². The number of hydrogen-bond donors (Lipinski definition) is 2. The lowest BCUT2D eigenvalue weighted by molar-refractivity contribution is 0.112. The van der Waals surface area contributed by atoms with E-state index in [9.17, 15) is 4.79 Å². The van der Waals surface area contributed by atoms with Gasteiger partial charge in [-0.15, -0.1) is 0 Å². The first kappa shape index (κ1) is 18.1. The Labute approximate surface area is 145 Å². The van der Waals surface area contributed by atoms with E-state index in [0.717, 1.165) is 6.29 Å². The van der Waals surface area contributed by atoms with Gasteiger partial charge in [-0.3, -0.25) is 4.79 Å². The van der Waals surface area contributed by atoms with Crippen LogP contribution in [-0.2, 0) is 7.05 Å². The summed E-state index contributed by atoms with van der Waals surface area (Å²) in [5.74, 6) is 1.42. The van der Waals surface area contributed by atoms with Crippen LogP contribution >= 0.6 is 0 Å². The normalized spacial score (nSPS) is 9.88. The maximum absolute atomic E-state index is 10.9. The summed E-state index contributed by atoms with van der Waals surface area (Å²) >= 11 is 0. The molecule has 2 aromatic carbocycles. The number of carbonyl (C=O) groups is 1. The maximum Gasteiger partial charge on any atom is 0.228 e. The van der Waals surface area contributed by atoms with Gasteiger partial charge >= 0.3 is 0 Å². The Hall–Kier alpha value is -3.28. The number of benzene rings is 2. The fraction of sp³-hybridized carbons (Fsp3) is 0.158. The summed E-state index contributed by atoms with van der Waals surface area (Å²) in [4.78, 5) is 10.9. The van der Waals surface area contributed by atoms with Crippen LogP contribution in [0.5, 0.6) is 23.1 Å². The van der Waals surface area contributed by atoms with E-state index < -0.39 is 0 Å². The van der Waals surface area contributed by atoms with Gasteiger partial charge in [-0.1, -0.05) is 17.7 Å². The average molecular weight is 340 g/mol. The predicted octanol–water partition coefficient (Wildman–Crippen LogP) is 3.74. The number of rotatable bonds is 3. The lowest BCUT2D eigenvalue weighted by Crippen LogP contribution is -1.96. The Morgan fingerprint density at radius 3 is 1.96 bits per heavy atom. The minimum Gasteiger partial charge on any atom is -0.508 e. The molecule has 3 aromatic rings. The Balaban J connectivity index is 0.000000236. The number of ether oxygens (including phenoxy) is 1. The van der Waals surface area contributed by atoms with Crippen LogP contribution in [-0.4, -0.2) is 26.3 Å². The molecule has 25 heavy (non-hydrogen) atoms. The summed E-state index contributed by atoms with van der Waals surface area (Å²) in [6.45, 7) is 3.73. The van der Waals surface area contributed by atoms with Crippen molar-refractivity contribution < 1.29 is 19.7 Å². The highest BCUT2D eigenvalue weighted by Crippen LogP contribution is 2.26. The van der Waals surface area contributed by atoms with E-state index in [2.05, 4.69) is 5.10 Å². The Morgan fingerprint density at radius 1 is 0.960 bits per heavy atom. The van der Waals surface area contributed by atoms with E-state index in [4.69, 9.17) is 14.9 Å². The van der Waals surface area contributed by atoms with Gasteiger partial charge in [-0.2, -0.15) is 5.10 Å². The van der Waals surface area contributed by atoms with E-state index in [-0.39, 0.29) is 5.75 Å². The number of nitrogens with zero attached hydrogens (tertiary/aromatic N) is 2. The maximum atomic E-state index is 10.9. The molecule has 0 aliphatic rings. The zero-order valence-corrected chi connectivity index (χ0v) is 14.3. The fourth-order valence-corrected chi connectivity index (χ4v) is 2.08. The van der Waals surface area contributed by atoms with Gasteiger partial charge in [0, 0.05) is 7.05 Å². The topological polar surface area (TPSA) is 84.6 Å². The molecule has 0 amide bonds. The minimum atomic E-state index is 0.161. The van der Waals surface area contributed by atoms with Crippen molar-refractivity contribution in [1.29, 1.82) is 0 Å². The van der Waals surface area contributed by atoms with Gasteiger partial charge in [0.25, 0.3) is 0 Å². The van der Waals surface area contributed by atoms with Crippen molar-refractivity contribution in [2.45, 2.75) is 13.8 Å². The number of hydrogen-bond acceptors (Lipinski definition) is 5. The first-order valence-electron chi connectivity index (χ1n) is 7.62. The van der Waals surface area contributed by atoms with Gasteiger partial charge in [-0.05, 0) is 50.2 Å². The third kappa shape index (κ3) is 4.84. The fourth-order valence-electron chi connectivity index (χ4n) is 2.08. The molecule has 0 aliphatic heterocycles. The molecule has 0 aliphatic carbocycles. The Kier molecular flexibility index (Phi) is 5.79. The molecule has 6 heteroatoms. The molecule has 1 heterocycles. The smallest absolute Gasteiger partial charge is 0.228 e. The number of phenols is 2. The van der Waals surface area contributed by atoms with Crippen molar-refractivity contribution in [3.8, 4) is 23.1 Å². The minimum absolute atomic E-state index is 0.161. The molecular weight excluding hydrogens is 320 g/mol. The summed E-state index contributed by atoms with van der Waals surface area (Å²) in [6, 6.07) is 13.4. The Morgan fingerprint density at radius 2 is 1.48 bits per heavy atom. The van der Waals surface area contributed by atoms with E-state index in [0.29, 0.717) is 28.6 Å². The molecular formula is C19H20N2O4. The first-order chi connectivity index (χ1) is 11.9. The zero-order chi connectivity index (χ0) is 18.4. The van der Waals surface area contributed by atoms with E-state index >= 15 is 0 Å². The van der Waals surface area contributed by atoms with Crippen molar-refractivity contribution in [1.82, 2.24) is 9.78 Å². The van der Waals surface area contributed by atoms with Crippen molar-refractivity contribution >= 4 is 6.29 Å². The van der Waals surface area contributed by atoms with E-state index in [1.165, 1.54) is 22.4 Å². The third-order valence-electron chi connectivity index (χ3n) is 3.42. The summed E-state index contributed by atoms with van der Waals surface area (Å²) in [6.07, 6.45) is 0.720. The quantitative estimate of drug-likeness (QED) is 0.710. The number of phenolic OH excluding ortho intramolecular Hbond substituents is 2. The second-order valence-electron chi connectivity index (χ2n) is 5.48. The molecule has 0 atom stereocenters. The van der Waals surface area contributed by atoms with Gasteiger partial charge in [0.05, 0.1) is 11.3 Å². The zero-order valence-electron chi connectivity index (χ0n) is 14.3. The highest BCUT2D eigenvalue weighted by molar-refractivity contribution is 5.80. The van der Waals surface area contributed by atoms with E-state index in [1.807, 2.05) is 19.1 Å². The SMILES string of the molecule is Cc1ccc(O)cc1.Cc1nn(C)c(Oc2ccc(O)cc2)c1C=O. The molecule has 6 nitrogen and oxygen atoms in total. The number of aromatic nitrogens is 2. The van der Waals surface area contributed by atoms with Crippen LogP contribution in [0.2, 0.25) is 0 Å². The molecule has 0 bridgehead atoms. The molecule has 130 valence electrons.